The second-order valence-electron chi connectivity index (χ2n) is 8.18. The Morgan fingerprint density at radius 1 is 1.10 bits per heavy atom. The van der Waals surface area contributed by atoms with E-state index in [-0.39, 0.29) is 11.6 Å². The Morgan fingerprint density at radius 3 is 2.63 bits per heavy atom. The molecule has 2 aliphatic rings. The van der Waals surface area contributed by atoms with Gasteiger partial charge in [-0.05, 0) is 38.0 Å². The third-order valence-electron chi connectivity index (χ3n) is 6.09. The first-order valence-corrected chi connectivity index (χ1v) is 10.8. The van der Waals surface area contributed by atoms with Crippen LogP contribution in [0.3, 0.4) is 0 Å². The summed E-state index contributed by atoms with van der Waals surface area (Å²) in [6.07, 6.45) is 7.99. The van der Waals surface area contributed by atoms with E-state index in [1.165, 1.54) is 0 Å². The molecule has 4 heterocycles. The van der Waals surface area contributed by atoms with Crippen molar-refractivity contribution in [3.63, 3.8) is 0 Å². The van der Waals surface area contributed by atoms with E-state index in [4.69, 9.17) is 4.98 Å². The van der Waals surface area contributed by atoms with E-state index >= 15 is 0 Å². The van der Waals surface area contributed by atoms with Gasteiger partial charge in [0.05, 0.1) is 11.9 Å². The molecule has 0 amide bonds. The van der Waals surface area contributed by atoms with Gasteiger partial charge in [-0.15, -0.1) is 0 Å². The smallest absolute Gasteiger partial charge is 0.255 e. The number of hydrogen-bond acceptors (Lipinski definition) is 7. The minimum Gasteiger partial charge on any atom is -0.354 e. The van der Waals surface area contributed by atoms with Gasteiger partial charge in [-0.2, -0.15) is 4.98 Å². The summed E-state index contributed by atoms with van der Waals surface area (Å²) < 4.78 is 1.89. The molecule has 3 aromatic rings. The second-order valence-corrected chi connectivity index (χ2v) is 8.18. The van der Waals surface area contributed by atoms with Crippen LogP contribution in [0.5, 0.6) is 0 Å². The zero-order chi connectivity index (χ0) is 20.5. The predicted octanol–water partition coefficient (Wildman–Crippen LogP) is 2.76. The summed E-state index contributed by atoms with van der Waals surface area (Å²) in [6, 6.07) is 6.13. The van der Waals surface area contributed by atoms with Crippen LogP contribution < -0.4 is 21.1 Å². The van der Waals surface area contributed by atoms with Gasteiger partial charge in [-0.25, -0.2) is 9.97 Å². The summed E-state index contributed by atoms with van der Waals surface area (Å²) in [7, 11) is 0. The largest absolute Gasteiger partial charge is 0.354 e. The maximum atomic E-state index is 12.9. The lowest BCUT2D eigenvalue weighted by molar-refractivity contribution is 0.514. The van der Waals surface area contributed by atoms with Gasteiger partial charge < -0.3 is 15.5 Å². The van der Waals surface area contributed by atoms with Crippen LogP contribution in [0.2, 0.25) is 0 Å². The maximum Gasteiger partial charge on any atom is 0.255 e. The van der Waals surface area contributed by atoms with Crippen molar-refractivity contribution in [2.45, 2.75) is 38.6 Å². The Labute approximate surface area is 175 Å². The number of hydrogen-bond donors (Lipinski definition) is 2. The lowest BCUT2D eigenvalue weighted by Gasteiger charge is -2.28. The van der Waals surface area contributed by atoms with Gasteiger partial charge in [-0.1, -0.05) is 12.8 Å². The van der Waals surface area contributed by atoms with Crippen LogP contribution in [-0.2, 0) is 0 Å². The monoisotopic (exact) mass is 405 g/mol. The lowest BCUT2D eigenvalue weighted by atomic mass is 10.2. The Kier molecular flexibility index (Phi) is 5.08. The van der Waals surface area contributed by atoms with Crippen LogP contribution in [-0.4, -0.2) is 45.7 Å². The number of nitrogens with zero attached hydrogens (tertiary/aromatic N) is 5. The van der Waals surface area contributed by atoms with Crippen molar-refractivity contribution in [1.82, 2.24) is 24.8 Å². The second kappa shape index (κ2) is 8.02. The van der Waals surface area contributed by atoms with Crippen LogP contribution in [0.1, 0.15) is 37.3 Å². The standard InChI is InChI=1S/C22H27N7O/c1-15-12-16-13-25-22(27-20(16)29(21(15)30)18-4-2-3-5-18)26-17-6-7-19(24-14-17)28-10-8-23-9-11-28/h6-7,12-14,18,23H,2-5,8-11H2,1H3,(H,25,26,27). The summed E-state index contributed by atoms with van der Waals surface area (Å²) in [5.74, 6) is 1.46. The average Bonchev–Trinajstić information content (AvgIpc) is 3.30. The number of nitrogens with one attached hydrogen (secondary N) is 2. The molecule has 156 valence electrons. The highest BCUT2D eigenvalue weighted by molar-refractivity contribution is 5.76. The minimum absolute atomic E-state index is 0.0566. The summed E-state index contributed by atoms with van der Waals surface area (Å²) in [4.78, 5) is 28.9. The lowest BCUT2D eigenvalue weighted by Crippen LogP contribution is -2.43. The van der Waals surface area contributed by atoms with E-state index in [0.29, 0.717) is 11.6 Å². The number of piperazine rings is 1. The Balaban J connectivity index is 1.44. The van der Waals surface area contributed by atoms with Crippen LogP contribution in [0, 0.1) is 6.92 Å². The Morgan fingerprint density at radius 2 is 1.90 bits per heavy atom. The maximum absolute atomic E-state index is 12.9. The highest BCUT2D eigenvalue weighted by Gasteiger charge is 2.22. The molecule has 0 atom stereocenters. The van der Waals surface area contributed by atoms with Crippen molar-refractivity contribution in [3.05, 3.63) is 46.5 Å². The van der Waals surface area contributed by atoms with Crippen molar-refractivity contribution in [2.24, 2.45) is 0 Å². The molecule has 0 radical (unpaired) electrons. The molecule has 2 fully saturated rings. The van der Waals surface area contributed by atoms with Crippen LogP contribution in [0.25, 0.3) is 11.0 Å². The summed E-state index contributed by atoms with van der Waals surface area (Å²) in [6.45, 7) is 5.76. The third kappa shape index (κ3) is 3.63. The summed E-state index contributed by atoms with van der Waals surface area (Å²) >= 11 is 0. The van der Waals surface area contributed by atoms with E-state index in [1.807, 2.05) is 35.9 Å². The highest BCUT2D eigenvalue weighted by atomic mass is 16.1. The van der Waals surface area contributed by atoms with E-state index < -0.39 is 0 Å². The number of rotatable bonds is 4. The molecular formula is C22H27N7O. The van der Waals surface area contributed by atoms with E-state index in [9.17, 15) is 4.79 Å². The fourth-order valence-electron chi connectivity index (χ4n) is 4.49. The van der Waals surface area contributed by atoms with Gasteiger partial charge in [-0.3, -0.25) is 9.36 Å². The van der Waals surface area contributed by atoms with E-state index in [1.54, 1.807) is 6.20 Å². The Hall–Kier alpha value is -3.00. The van der Waals surface area contributed by atoms with Gasteiger partial charge >= 0.3 is 0 Å². The van der Waals surface area contributed by atoms with Gasteiger partial charge in [0, 0.05) is 49.4 Å². The first-order valence-electron chi connectivity index (χ1n) is 10.8. The first kappa shape index (κ1) is 19.0. The molecular weight excluding hydrogens is 378 g/mol. The van der Waals surface area contributed by atoms with Crippen molar-refractivity contribution in [2.75, 3.05) is 36.4 Å². The topological polar surface area (TPSA) is 88.0 Å². The zero-order valence-electron chi connectivity index (χ0n) is 17.3. The number of anilines is 3. The molecule has 3 aromatic heterocycles. The van der Waals surface area contributed by atoms with Crippen LogP contribution in [0.4, 0.5) is 17.5 Å². The average molecular weight is 406 g/mol. The van der Waals surface area contributed by atoms with Gasteiger partial charge in [0.25, 0.3) is 5.56 Å². The van der Waals surface area contributed by atoms with Gasteiger partial charge in [0.2, 0.25) is 5.95 Å². The summed E-state index contributed by atoms with van der Waals surface area (Å²) in [5.41, 5.74) is 2.34. The molecule has 8 nitrogen and oxygen atoms in total. The predicted molar refractivity (Wildman–Crippen MR) is 119 cm³/mol. The fourth-order valence-corrected chi connectivity index (χ4v) is 4.49. The van der Waals surface area contributed by atoms with E-state index in [0.717, 1.165) is 74.3 Å². The SMILES string of the molecule is Cc1cc2cnc(Nc3ccc(N4CCNCC4)nc3)nc2n(C2CCCC2)c1=O. The molecule has 0 spiro atoms. The molecule has 0 aromatic carbocycles. The molecule has 1 saturated heterocycles. The minimum atomic E-state index is 0.0566. The molecule has 30 heavy (non-hydrogen) atoms. The normalized spacial score (nSPS) is 17.6. The van der Waals surface area contributed by atoms with Gasteiger partial charge in [0.1, 0.15) is 11.5 Å². The molecule has 0 bridgehead atoms. The number of aromatic nitrogens is 4. The molecule has 2 N–H and O–H groups in total. The van der Waals surface area contributed by atoms with Gasteiger partial charge in [0.15, 0.2) is 0 Å². The zero-order valence-corrected chi connectivity index (χ0v) is 17.3. The molecule has 1 aliphatic carbocycles. The van der Waals surface area contributed by atoms with E-state index in [2.05, 4.69) is 25.5 Å². The molecule has 8 heteroatoms. The Bertz CT molecular complexity index is 1100. The third-order valence-corrected chi connectivity index (χ3v) is 6.09. The number of fused-ring (bicyclic) bond motifs is 1. The molecule has 1 aliphatic heterocycles. The highest BCUT2D eigenvalue weighted by Crippen LogP contribution is 2.30. The van der Waals surface area contributed by atoms with Crippen molar-refractivity contribution < 1.29 is 0 Å². The van der Waals surface area contributed by atoms with Crippen molar-refractivity contribution >= 4 is 28.5 Å². The van der Waals surface area contributed by atoms with Crippen molar-refractivity contribution in [1.29, 1.82) is 0 Å². The quantitative estimate of drug-likeness (QED) is 0.690. The fraction of sp³-hybridized carbons (Fsp3) is 0.455. The number of pyridine rings is 2. The molecule has 1 saturated carbocycles. The molecule has 0 unspecified atom stereocenters. The summed E-state index contributed by atoms with van der Waals surface area (Å²) in [5, 5.41) is 7.50. The van der Waals surface area contributed by atoms with Crippen molar-refractivity contribution in [3.8, 4) is 0 Å². The first-order chi connectivity index (χ1) is 14.7. The molecule has 5 rings (SSSR count). The number of aryl methyl sites for hydroxylation is 1. The van der Waals surface area contributed by atoms with Crippen LogP contribution in [0.15, 0.2) is 35.4 Å². The van der Waals surface area contributed by atoms with Crippen LogP contribution >= 0.6 is 0 Å².